The van der Waals surface area contributed by atoms with Crippen molar-refractivity contribution in [2.75, 3.05) is 0 Å². The minimum atomic E-state index is -1.000. The van der Waals surface area contributed by atoms with Crippen LogP contribution in [0, 0.1) is 0 Å². The topological polar surface area (TPSA) is 74.6 Å². The Hall–Kier alpha value is -1.63. The van der Waals surface area contributed by atoms with Crippen LogP contribution in [0.5, 0.6) is 0 Å². The molecule has 0 aliphatic heterocycles. The Morgan fingerprint density at radius 2 is 1.05 bits per heavy atom. The van der Waals surface area contributed by atoms with Gasteiger partial charge in [0.2, 0.25) is 0 Å². The average molecular weight is 343 g/mol. The van der Waals surface area contributed by atoms with Crippen LogP contribution in [-0.4, -0.2) is 22.2 Å². The molecular formula is C14H11ClO4S2. The van der Waals surface area contributed by atoms with Gasteiger partial charge in [-0.3, -0.25) is 0 Å². The molecule has 0 atom stereocenters. The molecule has 21 heavy (non-hydrogen) atoms. The highest BCUT2D eigenvalue weighted by atomic mass is 35.5. The monoisotopic (exact) mass is 342 g/mol. The van der Waals surface area contributed by atoms with E-state index in [-0.39, 0.29) is 23.5 Å². The van der Waals surface area contributed by atoms with Crippen molar-refractivity contribution >= 4 is 45.9 Å². The first kappa shape index (κ1) is 17.4. The summed E-state index contributed by atoms with van der Waals surface area (Å²) in [5.74, 6) is -2.00. The lowest BCUT2D eigenvalue weighted by atomic mass is 10.2. The molecule has 4 nitrogen and oxygen atoms in total. The Bertz CT molecular complexity index is 603. The second-order valence-corrected chi connectivity index (χ2v) is 5.98. The first-order valence-electron chi connectivity index (χ1n) is 5.59. The summed E-state index contributed by atoms with van der Waals surface area (Å²) < 4.78 is 0. The van der Waals surface area contributed by atoms with Crippen molar-refractivity contribution in [1.82, 2.24) is 0 Å². The molecule has 2 aromatic carbocycles. The summed E-state index contributed by atoms with van der Waals surface area (Å²) >= 11 is 0. The van der Waals surface area contributed by atoms with Gasteiger partial charge in [-0.2, -0.15) is 0 Å². The molecule has 2 rings (SSSR count). The van der Waals surface area contributed by atoms with E-state index in [0.717, 1.165) is 0 Å². The molecule has 0 amide bonds. The van der Waals surface area contributed by atoms with E-state index in [1.807, 2.05) is 0 Å². The van der Waals surface area contributed by atoms with Gasteiger partial charge < -0.3 is 10.2 Å². The highest BCUT2D eigenvalue weighted by Crippen LogP contribution is 2.40. The van der Waals surface area contributed by atoms with Crippen molar-refractivity contribution in [3.8, 4) is 0 Å². The normalized spacial score (nSPS) is 9.71. The molecular weight excluding hydrogens is 332 g/mol. The number of carbonyl (C=O) groups is 2. The van der Waals surface area contributed by atoms with E-state index in [0.29, 0.717) is 9.79 Å². The first-order chi connectivity index (χ1) is 9.59. The van der Waals surface area contributed by atoms with E-state index in [9.17, 15) is 9.59 Å². The fraction of sp³-hybridized carbons (Fsp3) is 0. The highest BCUT2D eigenvalue weighted by Gasteiger charge is 2.13. The van der Waals surface area contributed by atoms with Gasteiger partial charge in [0, 0.05) is 9.79 Å². The summed E-state index contributed by atoms with van der Waals surface area (Å²) in [6.07, 6.45) is 0. The maximum absolute atomic E-state index is 11.1. The minimum absolute atomic E-state index is 0. The first-order valence-corrected chi connectivity index (χ1v) is 7.73. The molecule has 7 heteroatoms. The van der Waals surface area contributed by atoms with Crippen LogP contribution in [0.4, 0.5) is 0 Å². The molecule has 110 valence electrons. The van der Waals surface area contributed by atoms with Crippen LogP contribution in [0.2, 0.25) is 0 Å². The fourth-order valence-electron chi connectivity index (χ4n) is 1.52. The number of aromatic carboxylic acids is 2. The van der Waals surface area contributed by atoms with Gasteiger partial charge in [-0.15, -0.1) is 12.4 Å². The lowest BCUT2D eigenvalue weighted by Crippen LogP contribution is -1.98. The standard InChI is InChI=1S/C14H10O4S2.ClH/c15-13(16)9-5-1-3-7-11(9)19-20-12-8-4-2-6-10(12)14(17)18;/h1-8H,(H,15,16)(H,17,18);1H. The summed E-state index contributed by atoms with van der Waals surface area (Å²) in [6.45, 7) is 0. The van der Waals surface area contributed by atoms with Crippen LogP contribution in [-0.2, 0) is 0 Å². The lowest BCUT2D eigenvalue weighted by molar-refractivity contribution is 0.0682. The summed E-state index contributed by atoms with van der Waals surface area (Å²) in [7, 11) is 2.47. The van der Waals surface area contributed by atoms with Gasteiger partial charge in [-0.1, -0.05) is 45.9 Å². The van der Waals surface area contributed by atoms with Crippen molar-refractivity contribution in [1.29, 1.82) is 0 Å². The molecule has 0 aliphatic rings. The Morgan fingerprint density at radius 3 is 1.38 bits per heavy atom. The molecule has 0 aliphatic carbocycles. The molecule has 0 fully saturated rings. The molecule has 0 aromatic heterocycles. The predicted octanol–water partition coefficient (Wildman–Crippen LogP) is 4.30. The number of carboxylic acids is 2. The summed E-state index contributed by atoms with van der Waals surface area (Å²) in [5, 5.41) is 18.2. The fourth-order valence-corrected chi connectivity index (χ4v) is 3.87. The van der Waals surface area contributed by atoms with Crippen LogP contribution < -0.4 is 0 Å². The smallest absolute Gasteiger partial charge is 0.336 e. The number of carboxylic acid groups (broad SMARTS) is 2. The summed E-state index contributed by atoms with van der Waals surface area (Å²) in [4.78, 5) is 23.4. The van der Waals surface area contributed by atoms with Gasteiger partial charge in [0.25, 0.3) is 0 Å². The SMILES string of the molecule is Cl.O=C(O)c1ccccc1SSc1ccccc1C(=O)O. The van der Waals surface area contributed by atoms with Crippen LogP contribution in [0.15, 0.2) is 58.3 Å². The van der Waals surface area contributed by atoms with Gasteiger partial charge in [-0.05, 0) is 24.3 Å². The molecule has 0 bridgehead atoms. The molecule has 2 N–H and O–H groups in total. The second-order valence-electron chi connectivity index (χ2n) is 3.77. The third-order valence-electron chi connectivity index (χ3n) is 2.46. The third kappa shape index (κ3) is 4.42. The number of rotatable bonds is 5. The predicted molar refractivity (Wildman–Crippen MR) is 85.8 cm³/mol. The van der Waals surface area contributed by atoms with Gasteiger partial charge in [0.15, 0.2) is 0 Å². The minimum Gasteiger partial charge on any atom is -0.478 e. The summed E-state index contributed by atoms with van der Waals surface area (Å²) in [6, 6.07) is 13.3. The van der Waals surface area contributed by atoms with Crippen molar-refractivity contribution in [2.45, 2.75) is 9.79 Å². The third-order valence-corrected chi connectivity index (χ3v) is 4.94. The largest absolute Gasteiger partial charge is 0.478 e. The van der Waals surface area contributed by atoms with Crippen molar-refractivity contribution in [2.24, 2.45) is 0 Å². The molecule has 0 saturated carbocycles. The zero-order valence-electron chi connectivity index (χ0n) is 10.6. The van der Waals surface area contributed by atoms with Crippen LogP contribution in [0.3, 0.4) is 0 Å². The van der Waals surface area contributed by atoms with E-state index in [4.69, 9.17) is 10.2 Å². The van der Waals surface area contributed by atoms with Crippen LogP contribution >= 0.6 is 34.0 Å². The Balaban J connectivity index is 0.00000220. The number of hydrogen-bond donors (Lipinski definition) is 2. The van der Waals surface area contributed by atoms with Gasteiger partial charge in [-0.25, -0.2) is 9.59 Å². The van der Waals surface area contributed by atoms with Crippen molar-refractivity contribution < 1.29 is 19.8 Å². The zero-order chi connectivity index (χ0) is 14.5. The van der Waals surface area contributed by atoms with Crippen molar-refractivity contribution in [3.05, 3.63) is 59.7 Å². The van der Waals surface area contributed by atoms with Gasteiger partial charge >= 0.3 is 11.9 Å². The van der Waals surface area contributed by atoms with Crippen LogP contribution in [0.1, 0.15) is 20.7 Å². The molecule has 0 heterocycles. The molecule has 0 spiro atoms. The van der Waals surface area contributed by atoms with E-state index >= 15 is 0 Å². The Morgan fingerprint density at radius 1 is 0.714 bits per heavy atom. The highest BCUT2D eigenvalue weighted by molar-refractivity contribution is 8.76. The van der Waals surface area contributed by atoms with E-state index in [2.05, 4.69) is 0 Å². The molecule has 0 unspecified atom stereocenters. The summed E-state index contributed by atoms with van der Waals surface area (Å²) in [5.41, 5.74) is 0.413. The van der Waals surface area contributed by atoms with Gasteiger partial charge in [0.1, 0.15) is 0 Å². The van der Waals surface area contributed by atoms with Crippen molar-refractivity contribution in [3.63, 3.8) is 0 Å². The van der Waals surface area contributed by atoms with Crippen LogP contribution in [0.25, 0.3) is 0 Å². The van der Waals surface area contributed by atoms with E-state index < -0.39 is 11.9 Å². The Labute approximate surface area is 135 Å². The molecule has 0 saturated heterocycles. The average Bonchev–Trinajstić information content (AvgIpc) is 2.45. The zero-order valence-corrected chi connectivity index (χ0v) is 13.0. The maximum atomic E-state index is 11.1. The lowest BCUT2D eigenvalue weighted by Gasteiger charge is -2.06. The number of halogens is 1. The number of benzene rings is 2. The van der Waals surface area contributed by atoms with Gasteiger partial charge in [0.05, 0.1) is 11.1 Å². The molecule has 2 aromatic rings. The maximum Gasteiger partial charge on any atom is 0.336 e. The number of hydrogen-bond acceptors (Lipinski definition) is 4. The second kappa shape index (κ2) is 7.97. The van der Waals surface area contributed by atoms with E-state index in [1.165, 1.54) is 33.7 Å². The quantitative estimate of drug-likeness (QED) is 0.789. The van der Waals surface area contributed by atoms with E-state index in [1.54, 1.807) is 36.4 Å². The molecule has 0 radical (unpaired) electrons. The Kier molecular flexibility index (Phi) is 6.61.